The molecule has 1 amide bonds. The van der Waals surface area contributed by atoms with Crippen molar-refractivity contribution in [1.82, 2.24) is 5.32 Å². The van der Waals surface area contributed by atoms with E-state index in [2.05, 4.69) is 12.2 Å². The Bertz CT molecular complexity index is 359. The number of hydrogen-bond acceptors (Lipinski definition) is 3. The molecular formula is C17H31NO4. The van der Waals surface area contributed by atoms with Gasteiger partial charge in [0, 0.05) is 6.54 Å². The lowest BCUT2D eigenvalue weighted by Crippen LogP contribution is -2.42. The van der Waals surface area contributed by atoms with Crippen LogP contribution in [0.3, 0.4) is 0 Å². The zero-order valence-electron chi connectivity index (χ0n) is 14.1. The molecule has 0 aromatic heterocycles. The van der Waals surface area contributed by atoms with Gasteiger partial charge in [0.2, 0.25) is 5.91 Å². The monoisotopic (exact) mass is 313 g/mol. The molecule has 0 spiro atoms. The van der Waals surface area contributed by atoms with Crippen LogP contribution in [0.1, 0.15) is 65.7 Å². The van der Waals surface area contributed by atoms with Crippen molar-refractivity contribution in [3.05, 3.63) is 0 Å². The molecule has 1 saturated carbocycles. The SMILES string of the molecule is CCCC(CNC(=O)C(CC)OC1CCCC(C)C1)C(=O)O. The van der Waals surface area contributed by atoms with Crippen LogP contribution in [0.15, 0.2) is 0 Å². The third-order valence-electron chi connectivity index (χ3n) is 4.42. The largest absolute Gasteiger partial charge is 0.481 e. The number of ether oxygens (including phenoxy) is 1. The molecule has 22 heavy (non-hydrogen) atoms. The predicted molar refractivity (Wildman–Crippen MR) is 85.6 cm³/mol. The smallest absolute Gasteiger partial charge is 0.308 e. The number of carbonyl (C=O) groups excluding carboxylic acids is 1. The lowest BCUT2D eigenvalue weighted by molar-refractivity contribution is -0.143. The Labute approximate surface area is 133 Å². The zero-order chi connectivity index (χ0) is 16.5. The molecule has 0 aromatic rings. The molecule has 4 atom stereocenters. The lowest BCUT2D eigenvalue weighted by atomic mass is 9.88. The van der Waals surface area contributed by atoms with E-state index in [0.717, 1.165) is 25.7 Å². The first-order valence-corrected chi connectivity index (χ1v) is 8.63. The highest BCUT2D eigenvalue weighted by Gasteiger charge is 2.26. The average Bonchev–Trinajstić information content (AvgIpc) is 2.48. The second kappa shape index (κ2) is 9.82. The van der Waals surface area contributed by atoms with Crippen LogP contribution in [0, 0.1) is 11.8 Å². The van der Waals surface area contributed by atoms with Crippen molar-refractivity contribution in [3.8, 4) is 0 Å². The van der Waals surface area contributed by atoms with Crippen molar-refractivity contribution in [3.63, 3.8) is 0 Å². The van der Waals surface area contributed by atoms with Crippen molar-refractivity contribution in [2.75, 3.05) is 6.54 Å². The molecule has 1 rings (SSSR count). The molecule has 1 fully saturated rings. The molecule has 0 aromatic carbocycles. The Balaban J connectivity index is 2.44. The molecule has 0 heterocycles. The fourth-order valence-electron chi connectivity index (χ4n) is 3.08. The molecule has 5 heteroatoms. The summed E-state index contributed by atoms with van der Waals surface area (Å²) in [5, 5.41) is 11.9. The minimum atomic E-state index is -0.850. The van der Waals surface area contributed by atoms with Gasteiger partial charge in [-0.15, -0.1) is 0 Å². The number of rotatable bonds is 9. The summed E-state index contributed by atoms with van der Waals surface area (Å²) >= 11 is 0. The number of nitrogens with one attached hydrogen (secondary N) is 1. The summed E-state index contributed by atoms with van der Waals surface area (Å²) in [6, 6.07) is 0. The van der Waals surface area contributed by atoms with Gasteiger partial charge in [0.1, 0.15) is 6.10 Å². The van der Waals surface area contributed by atoms with E-state index in [1.54, 1.807) is 0 Å². The topological polar surface area (TPSA) is 75.6 Å². The summed E-state index contributed by atoms with van der Waals surface area (Å²) in [6.07, 6.45) is 6.09. The summed E-state index contributed by atoms with van der Waals surface area (Å²) < 4.78 is 5.97. The van der Waals surface area contributed by atoms with Gasteiger partial charge in [-0.1, -0.05) is 40.0 Å². The molecule has 0 bridgehead atoms. The van der Waals surface area contributed by atoms with E-state index in [9.17, 15) is 9.59 Å². The highest BCUT2D eigenvalue weighted by Crippen LogP contribution is 2.27. The van der Waals surface area contributed by atoms with Gasteiger partial charge in [0.05, 0.1) is 12.0 Å². The van der Waals surface area contributed by atoms with E-state index in [4.69, 9.17) is 9.84 Å². The first-order valence-electron chi connectivity index (χ1n) is 8.63. The number of amides is 1. The molecule has 128 valence electrons. The Kier molecular flexibility index (Phi) is 8.46. The summed E-state index contributed by atoms with van der Waals surface area (Å²) in [4.78, 5) is 23.3. The maximum absolute atomic E-state index is 12.2. The minimum Gasteiger partial charge on any atom is -0.481 e. The van der Waals surface area contributed by atoms with Gasteiger partial charge in [0.15, 0.2) is 0 Å². The van der Waals surface area contributed by atoms with Gasteiger partial charge in [-0.2, -0.15) is 0 Å². The van der Waals surface area contributed by atoms with E-state index >= 15 is 0 Å². The molecule has 0 aliphatic heterocycles. The highest BCUT2D eigenvalue weighted by atomic mass is 16.5. The lowest BCUT2D eigenvalue weighted by Gasteiger charge is -2.30. The Morgan fingerprint density at radius 3 is 2.59 bits per heavy atom. The van der Waals surface area contributed by atoms with E-state index in [1.807, 2.05) is 13.8 Å². The molecule has 1 aliphatic carbocycles. The normalized spacial score (nSPS) is 24.5. The first-order chi connectivity index (χ1) is 10.5. The van der Waals surface area contributed by atoms with Crippen LogP contribution in [0.2, 0.25) is 0 Å². The van der Waals surface area contributed by atoms with Crippen LogP contribution in [0.25, 0.3) is 0 Å². The average molecular weight is 313 g/mol. The van der Waals surface area contributed by atoms with Gasteiger partial charge in [0.25, 0.3) is 0 Å². The first kappa shape index (κ1) is 18.9. The quantitative estimate of drug-likeness (QED) is 0.686. The molecule has 0 saturated heterocycles. The van der Waals surface area contributed by atoms with E-state index in [1.165, 1.54) is 6.42 Å². The van der Waals surface area contributed by atoms with Crippen LogP contribution in [0.5, 0.6) is 0 Å². The van der Waals surface area contributed by atoms with Crippen molar-refractivity contribution in [2.45, 2.75) is 77.9 Å². The molecule has 1 aliphatic rings. The zero-order valence-corrected chi connectivity index (χ0v) is 14.1. The molecular weight excluding hydrogens is 282 g/mol. The number of hydrogen-bond donors (Lipinski definition) is 2. The number of carboxylic acids is 1. The van der Waals surface area contributed by atoms with Crippen LogP contribution in [-0.4, -0.2) is 35.7 Å². The molecule has 5 nitrogen and oxygen atoms in total. The van der Waals surface area contributed by atoms with E-state index < -0.39 is 18.0 Å². The standard InChI is InChI=1S/C17H31NO4/c1-4-7-13(17(20)21)11-18-16(19)15(5-2)22-14-9-6-8-12(3)10-14/h12-15H,4-11H2,1-3H3,(H,18,19)(H,20,21). The maximum atomic E-state index is 12.2. The van der Waals surface area contributed by atoms with Crippen molar-refractivity contribution in [1.29, 1.82) is 0 Å². The van der Waals surface area contributed by atoms with Crippen molar-refractivity contribution < 1.29 is 19.4 Å². The molecule has 2 N–H and O–H groups in total. The predicted octanol–water partition coefficient (Wildman–Crippen LogP) is 2.98. The summed E-state index contributed by atoms with van der Waals surface area (Å²) in [6.45, 7) is 6.28. The number of carbonyl (C=O) groups is 2. The van der Waals surface area contributed by atoms with Crippen LogP contribution >= 0.6 is 0 Å². The van der Waals surface area contributed by atoms with Gasteiger partial charge < -0.3 is 15.2 Å². The van der Waals surface area contributed by atoms with E-state index in [-0.39, 0.29) is 18.6 Å². The van der Waals surface area contributed by atoms with Gasteiger partial charge in [-0.25, -0.2) is 0 Å². The summed E-state index contributed by atoms with van der Waals surface area (Å²) in [7, 11) is 0. The maximum Gasteiger partial charge on any atom is 0.308 e. The highest BCUT2D eigenvalue weighted by molar-refractivity contribution is 5.81. The third-order valence-corrected chi connectivity index (χ3v) is 4.42. The van der Waals surface area contributed by atoms with Crippen LogP contribution in [0.4, 0.5) is 0 Å². The molecule has 0 radical (unpaired) electrons. The second-order valence-corrected chi connectivity index (χ2v) is 6.50. The Morgan fingerprint density at radius 2 is 2.05 bits per heavy atom. The second-order valence-electron chi connectivity index (χ2n) is 6.50. The summed E-state index contributed by atoms with van der Waals surface area (Å²) in [5.41, 5.74) is 0. The summed E-state index contributed by atoms with van der Waals surface area (Å²) in [5.74, 6) is -0.887. The number of carboxylic acid groups (broad SMARTS) is 1. The third kappa shape index (κ3) is 6.34. The van der Waals surface area contributed by atoms with Crippen LogP contribution < -0.4 is 5.32 Å². The van der Waals surface area contributed by atoms with Crippen molar-refractivity contribution >= 4 is 11.9 Å². The van der Waals surface area contributed by atoms with Gasteiger partial charge >= 0.3 is 5.97 Å². The number of aliphatic carboxylic acids is 1. The molecule has 4 unspecified atom stereocenters. The van der Waals surface area contributed by atoms with Gasteiger partial charge in [-0.3, -0.25) is 9.59 Å². The van der Waals surface area contributed by atoms with E-state index in [0.29, 0.717) is 18.8 Å². The van der Waals surface area contributed by atoms with Gasteiger partial charge in [-0.05, 0) is 31.6 Å². The fourth-order valence-corrected chi connectivity index (χ4v) is 3.08. The van der Waals surface area contributed by atoms with Crippen molar-refractivity contribution in [2.24, 2.45) is 11.8 Å². The fraction of sp³-hybridized carbons (Fsp3) is 0.882. The van der Waals surface area contributed by atoms with Crippen LogP contribution in [-0.2, 0) is 14.3 Å². The minimum absolute atomic E-state index is 0.158. The Morgan fingerprint density at radius 1 is 1.32 bits per heavy atom. The Hall–Kier alpha value is -1.10.